The molecule has 11 heavy (non-hydrogen) atoms. The summed E-state index contributed by atoms with van der Waals surface area (Å²) < 4.78 is 0. The molecule has 2 bridgehead atoms. The van der Waals surface area contributed by atoms with Crippen LogP contribution < -0.4 is 0 Å². The van der Waals surface area contributed by atoms with Crippen LogP contribution in [0.25, 0.3) is 0 Å². The van der Waals surface area contributed by atoms with Gasteiger partial charge in [-0.05, 0) is 24.7 Å². The van der Waals surface area contributed by atoms with Crippen LogP contribution in [0, 0.1) is 17.8 Å². The van der Waals surface area contributed by atoms with Crippen molar-refractivity contribution in [3.05, 3.63) is 23.8 Å². The molecule has 0 amide bonds. The highest BCUT2D eigenvalue weighted by molar-refractivity contribution is 6.22. The van der Waals surface area contributed by atoms with E-state index in [-0.39, 0.29) is 0 Å². The molecule has 0 nitrogen and oxygen atoms in total. The first-order valence-corrected chi connectivity index (χ1v) is 4.64. The minimum atomic E-state index is 0.360. The van der Waals surface area contributed by atoms with Crippen LogP contribution in [-0.2, 0) is 0 Å². The molecule has 4 atom stereocenters. The molecule has 3 aliphatic carbocycles. The SMILES string of the molecule is CC1=CC2C(C)C(C=C1)C2Cl. The highest BCUT2D eigenvalue weighted by Gasteiger charge is 2.44. The maximum Gasteiger partial charge on any atom is 0.0467 e. The van der Waals surface area contributed by atoms with E-state index in [0.717, 1.165) is 5.92 Å². The van der Waals surface area contributed by atoms with Gasteiger partial charge in [-0.25, -0.2) is 0 Å². The Bertz CT molecular complexity index is 217. The summed E-state index contributed by atoms with van der Waals surface area (Å²) in [7, 11) is 0. The topological polar surface area (TPSA) is 0 Å². The fourth-order valence-electron chi connectivity index (χ4n) is 2.09. The first-order valence-electron chi connectivity index (χ1n) is 4.21. The van der Waals surface area contributed by atoms with Crippen molar-refractivity contribution in [3.8, 4) is 0 Å². The third-order valence-electron chi connectivity index (χ3n) is 2.99. The average molecular weight is 169 g/mol. The molecule has 1 fully saturated rings. The Morgan fingerprint density at radius 1 is 1.36 bits per heavy atom. The van der Waals surface area contributed by atoms with Gasteiger partial charge in [0.1, 0.15) is 0 Å². The number of hydrogen-bond acceptors (Lipinski definition) is 0. The molecule has 0 spiro atoms. The quantitative estimate of drug-likeness (QED) is 0.488. The van der Waals surface area contributed by atoms with E-state index >= 15 is 0 Å². The van der Waals surface area contributed by atoms with Gasteiger partial charge in [-0.15, -0.1) is 11.6 Å². The van der Waals surface area contributed by atoms with Crippen LogP contribution in [0.1, 0.15) is 13.8 Å². The Hall–Kier alpha value is -0.230. The van der Waals surface area contributed by atoms with E-state index in [1.807, 2.05) is 0 Å². The first kappa shape index (κ1) is 7.42. The van der Waals surface area contributed by atoms with Crippen molar-refractivity contribution in [2.24, 2.45) is 17.8 Å². The minimum Gasteiger partial charge on any atom is -0.122 e. The van der Waals surface area contributed by atoms with Crippen LogP contribution in [0.4, 0.5) is 0 Å². The Kier molecular flexibility index (Phi) is 1.61. The standard InChI is InChI=1S/C10H13Cl/c1-6-3-4-8-7(2)9(5-6)10(8)11/h3-5,7-10H,1-2H3. The van der Waals surface area contributed by atoms with E-state index in [1.165, 1.54) is 5.57 Å². The molecule has 0 aromatic carbocycles. The highest BCUT2D eigenvalue weighted by Crippen LogP contribution is 2.47. The Balaban J connectivity index is 2.30. The van der Waals surface area contributed by atoms with Gasteiger partial charge in [-0.3, -0.25) is 0 Å². The van der Waals surface area contributed by atoms with Gasteiger partial charge in [0.05, 0.1) is 0 Å². The summed E-state index contributed by atoms with van der Waals surface area (Å²) in [6.07, 6.45) is 6.77. The predicted octanol–water partition coefficient (Wildman–Crippen LogP) is 2.99. The average Bonchev–Trinajstić information content (AvgIpc) is 2.21. The Morgan fingerprint density at radius 2 is 2.09 bits per heavy atom. The van der Waals surface area contributed by atoms with Crippen molar-refractivity contribution in [2.75, 3.05) is 0 Å². The summed E-state index contributed by atoms with van der Waals surface area (Å²) >= 11 is 6.19. The van der Waals surface area contributed by atoms with Crippen molar-refractivity contribution in [1.82, 2.24) is 0 Å². The monoisotopic (exact) mass is 168 g/mol. The fraction of sp³-hybridized carbons (Fsp3) is 0.600. The van der Waals surface area contributed by atoms with Crippen LogP contribution in [0.3, 0.4) is 0 Å². The van der Waals surface area contributed by atoms with Crippen molar-refractivity contribution in [2.45, 2.75) is 19.2 Å². The molecular formula is C10H13Cl. The number of fused-ring (bicyclic) bond motifs is 1. The number of hydrogen-bond donors (Lipinski definition) is 0. The molecule has 0 N–H and O–H groups in total. The zero-order valence-electron chi connectivity index (χ0n) is 6.92. The van der Waals surface area contributed by atoms with Gasteiger partial charge < -0.3 is 0 Å². The zero-order chi connectivity index (χ0) is 8.01. The molecule has 0 aromatic heterocycles. The second-order valence-corrected chi connectivity index (χ2v) is 4.23. The molecule has 3 rings (SSSR count). The van der Waals surface area contributed by atoms with E-state index < -0.39 is 0 Å². The molecule has 0 heterocycles. The maximum atomic E-state index is 6.19. The summed E-state index contributed by atoms with van der Waals surface area (Å²) in [4.78, 5) is 0. The number of allylic oxidation sites excluding steroid dienone is 4. The second kappa shape index (κ2) is 2.38. The van der Waals surface area contributed by atoms with Crippen molar-refractivity contribution >= 4 is 11.6 Å². The van der Waals surface area contributed by atoms with Crippen LogP contribution in [0.5, 0.6) is 0 Å². The number of halogens is 1. The van der Waals surface area contributed by atoms with Gasteiger partial charge in [-0.1, -0.05) is 30.7 Å². The van der Waals surface area contributed by atoms with Crippen LogP contribution in [0.15, 0.2) is 23.8 Å². The third-order valence-corrected chi connectivity index (χ3v) is 3.57. The molecular weight excluding hydrogens is 156 g/mol. The second-order valence-electron chi connectivity index (χ2n) is 3.73. The highest BCUT2D eigenvalue weighted by atomic mass is 35.5. The summed E-state index contributed by atoms with van der Waals surface area (Å²) in [5, 5.41) is 0.360. The molecule has 0 aliphatic heterocycles. The molecule has 4 unspecified atom stereocenters. The Labute approximate surface area is 72.9 Å². The van der Waals surface area contributed by atoms with Gasteiger partial charge in [0.25, 0.3) is 0 Å². The van der Waals surface area contributed by atoms with Gasteiger partial charge in [0.2, 0.25) is 0 Å². The van der Waals surface area contributed by atoms with Crippen LogP contribution in [0.2, 0.25) is 0 Å². The molecule has 1 heteroatoms. The van der Waals surface area contributed by atoms with Crippen molar-refractivity contribution < 1.29 is 0 Å². The van der Waals surface area contributed by atoms with E-state index in [4.69, 9.17) is 11.6 Å². The summed E-state index contributed by atoms with van der Waals surface area (Å²) in [6, 6.07) is 0. The first-order chi connectivity index (χ1) is 5.20. The molecule has 0 aromatic rings. The third kappa shape index (κ3) is 0.961. The molecule has 0 radical (unpaired) electrons. The normalized spacial score (nSPS) is 47.7. The minimum absolute atomic E-state index is 0.360. The lowest BCUT2D eigenvalue weighted by Gasteiger charge is -2.44. The molecule has 3 aliphatic rings. The molecule has 0 saturated heterocycles. The predicted molar refractivity (Wildman–Crippen MR) is 48.7 cm³/mol. The lowest BCUT2D eigenvalue weighted by molar-refractivity contribution is 0.182. The largest absolute Gasteiger partial charge is 0.122 e. The van der Waals surface area contributed by atoms with E-state index in [2.05, 4.69) is 32.1 Å². The maximum absolute atomic E-state index is 6.19. The summed E-state index contributed by atoms with van der Waals surface area (Å²) in [5.41, 5.74) is 1.37. The van der Waals surface area contributed by atoms with Gasteiger partial charge in [0, 0.05) is 5.38 Å². The van der Waals surface area contributed by atoms with Crippen molar-refractivity contribution in [1.29, 1.82) is 0 Å². The van der Waals surface area contributed by atoms with Crippen LogP contribution >= 0.6 is 11.6 Å². The van der Waals surface area contributed by atoms with E-state index in [9.17, 15) is 0 Å². The Morgan fingerprint density at radius 3 is 2.73 bits per heavy atom. The van der Waals surface area contributed by atoms with Crippen molar-refractivity contribution in [3.63, 3.8) is 0 Å². The van der Waals surface area contributed by atoms with E-state index in [0.29, 0.717) is 17.2 Å². The molecule has 1 saturated carbocycles. The van der Waals surface area contributed by atoms with Gasteiger partial charge in [-0.2, -0.15) is 0 Å². The van der Waals surface area contributed by atoms with Gasteiger partial charge >= 0.3 is 0 Å². The molecule has 60 valence electrons. The van der Waals surface area contributed by atoms with Gasteiger partial charge in [0.15, 0.2) is 0 Å². The smallest absolute Gasteiger partial charge is 0.0467 e. The van der Waals surface area contributed by atoms with E-state index in [1.54, 1.807) is 0 Å². The fourth-order valence-corrected chi connectivity index (χ4v) is 2.71. The summed E-state index contributed by atoms with van der Waals surface area (Å²) in [5.74, 6) is 2.00. The number of rotatable bonds is 0. The number of alkyl halides is 1. The lowest BCUT2D eigenvalue weighted by Crippen LogP contribution is -2.43. The zero-order valence-corrected chi connectivity index (χ0v) is 7.68. The summed E-state index contributed by atoms with van der Waals surface area (Å²) in [6.45, 7) is 4.43. The lowest BCUT2D eigenvalue weighted by atomic mass is 9.66. The van der Waals surface area contributed by atoms with Crippen LogP contribution in [-0.4, -0.2) is 5.38 Å².